The number of aryl methyl sites for hydroxylation is 2. The zero-order valence-electron chi connectivity index (χ0n) is 10.9. The average Bonchev–Trinajstić information content (AvgIpc) is 2.77. The van der Waals surface area contributed by atoms with E-state index in [-0.39, 0.29) is 5.91 Å². The van der Waals surface area contributed by atoms with Gasteiger partial charge in [-0.05, 0) is 24.6 Å². The van der Waals surface area contributed by atoms with E-state index in [1.54, 1.807) is 12.3 Å². The third-order valence-corrected chi connectivity index (χ3v) is 3.70. The number of aromatic nitrogens is 2. The fourth-order valence-corrected chi connectivity index (χ4v) is 2.31. The van der Waals surface area contributed by atoms with Crippen LogP contribution in [0.1, 0.15) is 5.56 Å². The second kappa shape index (κ2) is 5.79. The molecule has 3 N–H and O–H groups in total. The van der Waals surface area contributed by atoms with E-state index in [9.17, 15) is 4.79 Å². The molecule has 0 saturated carbocycles. The molecule has 0 saturated heterocycles. The molecule has 0 unspecified atom stereocenters. The Bertz CT molecular complexity index is 594. The first-order chi connectivity index (χ1) is 9.06. The van der Waals surface area contributed by atoms with Crippen LogP contribution in [-0.2, 0) is 11.8 Å². The molecule has 0 fully saturated rings. The molecule has 0 aliphatic rings. The number of nitrogen functional groups attached to an aromatic ring is 1. The van der Waals surface area contributed by atoms with Crippen LogP contribution in [0, 0.1) is 6.92 Å². The van der Waals surface area contributed by atoms with Crippen LogP contribution in [0.5, 0.6) is 0 Å². The van der Waals surface area contributed by atoms with Gasteiger partial charge >= 0.3 is 0 Å². The van der Waals surface area contributed by atoms with Crippen LogP contribution in [0.4, 0.5) is 11.4 Å². The molecule has 0 atom stereocenters. The summed E-state index contributed by atoms with van der Waals surface area (Å²) in [7, 11) is 1.90. The number of imidazole rings is 1. The first-order valence-corrected chi connectivity index (χ1v) is 6.81. The summed E-state index contributed by atoms with van der Waals surface area (Å²) >= 11 is 1.40. The van der Waals surface area contributed by atoms with Crippen molar-refractivity contribution >= 4 is 29.0 Å². The summed E-state index contributed by atoms with van der Waals surface area (Å²) in [5.74, 6) is 0.251. The van der Waals surface area contributed by atoms with Crippen molar-refractivity contribution in [1.82, 2.24) is 9.55 Å². The van der Waals surface area contributed by atoms with Gasteiger partial charge in [-0.15, -0.1) is 0 Å². The van der Waals surface area contributed by atoms with Crippen LogP contribution in [0.3, 0.4) is 0 Å². The lowest BCUT2D eigenvalue weighted by molar-refractivity contribution is -0.113. The minimum atomic E-state index is -0.0679. The number of amides is 1. The molecule has 1 aromatic heterocycles. The lowest BCUT2D eigenvalue weighted by atomic mass is 10.2. The summed E-state index contributed by atoms with van der Waals surface area (Å²) < 4.78 is 1.88. The van der Waals surface area contributed by atoms with Gasteiger partial charge in [-0.1, -0.05) is 17.8 Å². The first-order valence-electron chi connectivity index (χ1n) is 5.82. The molecule has 0 radical (unpaired) electrons. The van der Waals surface area contributed by atoms with Crippen LogP contribution in [0.2, 0.25) is 0 Å². The minimum absolute atomic E-state index is 0.0679. The average molecular weight is 276 g/mol. The number of nitrogens with zero attached hydrogens (tertiary/aromatic N) is 2. The SMILES string of the molecule is Cc1ccc(N)cc1NC(=O)CSc1nccn1C. The lowest BCUT2D eigenvalue weighted by Gasteiger charge is -2.09. The number of hydrogen-bond acceptors (Lipinski definition) is 4. The predicted molar refractivity (Wildman–Crippen MR) is 78.2 cm³/mol. The standard InChI is InChI=1S/C13H16N4OS/c1-9-3-4-10(14)7-11(9)16-12(18)8-19-13-15-5-6-17(13)2/h3-7H,8,14H2,1-2H3,(H,16,18). The monoisotopic (exact) mass is 276 g/mol. The van der Waals surface area contributed by atoms with Crippen molar-refractivity contribution in [3.05, 3.63) is 36.2 Å². The molecule has 0 aliphatic carbocycles. The number of nitrogens with one attached hydrogen (secondary N) is 1. The number of benzene rings is 1. The van der Waals surface area contributed by atoms with Gasteiger partial charge in [0.1, 0.15) is 0 Å². The van der Waals surface area contributed by atoms with Gasteiger partial charge < -0.3 is 15.6 Å². The number of carbonyl (C=O) groups is 1. The number of nitrogens with two attached hydrogens (primary N) is 1. The molecule has 19 heavy (non-hydrogen) atoms. The number of hydrogen-bond donors (Lipinski definition) is 2. The van der Waals surface area contributed by atoms with Crippen molar-refractivity contribution in [3.8, 4) is 0 Å². The summed E-state index contributed by atoms with van der Waals surface area (Å²) in [6, 6.07) is 5.46. The van der Waals surface area contributed by atoms with E-state index in [1.807, 2.05) is 36.9 Å². The van der Waals surface area contributed by atoms with Crippen molar-refractivity contribution < 1.29 is 4.79 Å². The Hall–Kier alpha value is -1.95. The zero-order chi connectivity index (χ0) is 13.8. The molecule has 1 amide bonds. The molecule has 0 spiro atoms. The fourth-order valence-electron chi connectivity index (χ4n) is 1.58. The highest BCUT2D eigenvalue weighted by molar-refractivity contribution is 7.99. The predicted octanol–water partition coefficient (Wildman–Crippen LogP) is 2.04. The van der Waals surface area contributed by atoms with Gasteiger partial charge in [-0.2, -0.15) is 0 Å². The second-order valence-corrected chi connectivity index (χ2v) is 5.17. The third-order valence-electron chi connectivity index (χ3n) is 2.65. The highest BCUT2D eigenvalue weighted by Gasteiger charge is 2.08. The Morgan fingerprint density at radius 3 is 3.00 bits per heavy atom. The Balaban J connectivity index is 1.94. The summed E-state index contributed by atoms with van der Waals surface area (Å²) in [6.45, 7) is 1.93. The fraction of sp³-hybridized carbons (Fsp3) is 0.231. The Kier molecular flexibility index (Phi) is 4.11. The van der Waals surface area contributed by atoms with E-state index in [0.717, 1.165) is 16.4 Å². The van der Waals surface area contributed by atoms with Gasteiger partial charge in [0.15, 0.2) is 5.16 Å². The molecular formula is C13H16N4OS. The maximum atomic E-state index is 11.9. The molecule has 0 aliphatic heterocycles. The second-order valence-electron chi connectivity index (χ2n) is 4.23. The van der Waals surface area contributed by atoms with Crippen LogP contribution in [0.25, 0.3) is 0 Å². The van der Waals surface area contributed by atoms with Crippen LogP contribution in [-0.4, -0.2) is 21.2 Å². The van der Waals surface area contributed by atoms with Crippen LogP contribution >= 0.6 is 11.8 Å². The van der Waals surface area contributed by atoms with E-state index < -0.39 is 0 Å². The van der Waals surface area contributed by atoms with E-state index in [1.165, 1.54) is 11.8 Å². The van der Waals surface area contributed by atoms with Crippen molar-refractivity contribution in [1.29, 1.82) is 0 Å². The van der Waals surface area contributed by atoms with Gasteiger partial charge in [-0.3, -0.25) is 4.79 Å². The quantitative estimate of drug-likeness (QED) is 0.662. The topological polar surface area (TPSA) is 72.9 Å². The van der Waals surface area contributed by atoms with Crippen molar-refractivity contribution in [2.45, 2.75) is 12.1 Å². The van der Waals surface area contributed by atoms with Gasteiger partial charge in [0.05, 0.1) is 5.75 Å². The molecule has 5 nitrogen and oxygen atoms in total. The van der Waals surface area contributed by atoms with Gasteiger partial charge in [0.2, 0.25) is 5.91 Å². The number of thioether (sulfide) groups is 1. The number of rotatable bonds is 4. The van der Waals surface area contributed by atoms with Gasteiger partial charge in [0, 0.05) is 30.8 Å². The smallest absolute Gasteiger partial charge is 0.234 e. The normalized spacial score (nSPS) is 10.4. The van der Waals surface area contributed by atoms with Crippen molar-refractivity contribution in [3.63, 3.8) is 0 Å². The minimum Gasteiger partial charge on any atom is -0.399 e. The Labute approximate surface area is 116 Å². The molecule has 100 valence electrons. The van der Waals surface area contributed by atoms with E-state index in [0.29, 0.717) is 11.4 Å². The Morgan fingerprint density at radius 1 is 1.53 bits per heavy atom. The third kappa shape index (κ3) is 3.51. The summed E-state index contributed by atoms with van der Waals surface area (Å²) in [6.07, 6.45) is 3.56. The van der Waals surface area contributed by atoms with E-state index in [2.05, 4.69) is 10.3 Å². The van der Waals surface area contributed by atoms with E-state index >= 15 is 0 Å². The van der Waals surface area contributed by atoms with E-state index in [4.69, 9.17) is 5.73 Å². The molecule has 1 heterocycles. The summed E-state index contributed by atoms with van der Waals surface area (Å²) in [5, 5.41) is 3.68. The number of carbonyl (C=O) groups excluding carboxylic acids is 1. The molecule has 0 bridgehead atoms. The molecular weight excluding hydrogens is 260 g/mol. The van der Waals surface area contributed by atoms with Gasteiger partial charge in [-0.25, -0.2) is 4.98 Å². The van der Waals surface area contributed by atoms with Crippen molar-refractivity contribution in [2.75, 3.05) is 16.8 Å². The maximum Gasteiger partial charge on any atom is 0.234 e. The molecule has 2 aromatic rings. The van der Waals surface area contributed by atoms with Crippen LogP contribution < -0.4 is 11.1 Å². The lowest BCUT2D eigenvalue weighted by Crippen LogP contribution is -2.15. The zero-order valence-corrected chi connectivity index (χ0v) is 11.7. The van der Waals surface area contributed by atoms with Crippen LogP contribution in [0.15, 0.2) is 35.7 Å². The largest absolute Gasteiger partial charge is 0.399 e. The number of anilines is 2. The Morgan fingerprint density at radius 2 is 2.32 bits per heavy atom. The summed E-state index contributed by atoms with van der Waals surface area (Å²) in [4.78, 5) is 16.0. The highest BCUT2D eigenvalue weighted by atomic mass is 32.2. The molecule has 2 rings (SSSR count). The van der Waals surface area contributed by atoms with Crippen molar-refractivity contribution in [2.24, 2.45) is 7.05 Å². The molecule has 1 aromatic carbocycles. The molecule has 6 heteroatoms. The maximum absolute atomic E-state index is 11.9. The van der Waals surface area contributed by atoms with Gasteiger partial charge in [0.25, 0.3) is 0 Å². The summed E-state index contributed by atoms with van der Waals surface area (Å²) in [5.41, 5.74) is 8.09. The highest BCUT2D eigenvalue weighted by Crippen LogP contribution is 2.19. The first kappa shape index (κ1) is 13.5.